The van der Waals surface area contributed by atoms with E-state index in [-0.39, 0.29) is 54.1 Å². The molecule has 4 aliphatic heterocycles. The third kappa shape index (κ3) is 7.24. The maximum Gasteiger partial charge on any atom is 0.298 e. The predicted molar refractivity (Wildman–Crippen MR) is 209 cm³/mol. The van der Waals surface area contributed by atoms with E-state index < -0.39 is 29.7 Å². The molecule has 1 atom stereocenters. The summed E-state index contributed by atoms with van der Waals surface area (Å²) in [5, 5.41) is 2.17. The zero-order chi connectivity index (χ0) is 39.8. The van der Waals surface area contributed by atoms with E-state index in [9.17, 15) is 24.0 Å². The largest absolute Gasteiger partial charge is 0.490 e. The molecule has 58 heavy (non-hydrogen) atoms. The fourth-order valence-corrected chi connectivity index (χ4v) is 8.27. The number of unbranched alkanes of at least 4 members (excludes halogenated alkanes) is 2. The van der Waals surface area contributed by atoms with Gasteiger partial charge in [0.2, 0.25) is 17.6 Å². The highest BCUT2D eigenvalue weighted by Crippen LogP contribution is 2.40. The van der Waals surface area contributed by atoms with Crippen LogP contribution in [0, 0.1) is 0 Å². The molecule has 3 aromatic heterocycles. The van der Waals surface area contributed by atoms with Crippen LogP contribution in [0.4, 0.5) is 5.82 Å². The number of carbonyl (C=O) groups is 5. The molecule has 0 aliphatic carbocycles. The molecular formula is C42H42N8O8. The second kappa shape index (κ2) is 15.9. The first-order valence-corrected chi connectivity index (χ1v) is 19.8. The van der Waals surface area contributed by atoms with Crippen LogP contribution in [0.5, 0.6) is 11.5 Å². The summed E-state index contributed by atoms with van der Waals surface area (Å²) in [5.41, 5.74) is 3.62. The summed E-state index contributed by atoms with van der Waals surface area (Å²) in [6.45, 7) is 5.08. The highest BCUT2D eigenvalue weighted by Gasteiger charge is 2.47. The minimum Gasteiger partial charge on any atom is -0.490 e. The first-order chi connectivity index (χ1) is 28.3. The Morgan fingerprint density at radius 2 is 1.71 bits per heavy atom. The predicted octanol–water partition coefficient (Wildman–Crippen LogP) is 3.80. The first-order valence-electron chi connectivity index (χ1n) is 19.8. The van der Waals surface area contributed by atoms with Crippen LogP contribution in [0.1, 0.15) is 65.7 Å². The number of ether oxygens (including phenoxy) is 3. The van der Waals surface area contributed by atoms with Crippen LogP contribution in [0.15, 0.2) is 67.0 Å². The quantitative estimate of drug-likeness (QED) is 0.0978. The highest BCUT2D eigenvalue weighted by atomic mass is 16.5. The Morgan fingerprint density at radius 1 is 0.862 bits per heavy atom. The average molecular weight is 787 g/mol. The van der Waals surface area contributed by atoms with Crippen molar-refractivity contribution in [2.75, 3.05) is 44.2 Å². The second-order valence-corrected chi connectivity index (χ2v) is 15.1. The molecule has 4 amide bonds. The second-order valence-electron chi connectivity index (χ2n) is 15.1. The number of nitrogens with zero attached hydrogens (tertiary/aromatic N) is 7. The molecule has 0 spiro atoms. The Bertz CT molecular complexity index is 2400. The van der Waals surface area contributed by atoms with E-state index in [2.05, 4.69) is 26.2 Å². The Labute approximate surface area is 333 Å². The number of benzene rings is 2. The summed E-state index contributed by atoms with van der Waals surface area (Å²) in [6, 6.07) is 15.9. The molecule has 3 fully saturated rings. The minimum atomic E-state index is -1.13. The van der Waals surface area contributed by atoms with E-state index in [1.165, 1.54) is 12.1 Å². The Kier molecular flexibility index (Phi) is 10.3. The van der Waals surface area contributed by atoms with E-state index in [1.807, 2.05) is 53.2 Å². The lowest BCUT2D eigenvalue weighted by Crippen LogP contribution is -2.54. The monoisotopic (exact) mass is 786 g/mol. The molecule has 5 aromatic rings. The summed E-state index contributed by atoms with van der Waals surface area (Å²) >= 11 is 0. The van der Waals surface area contributed by atoms with Crippen molar-refractivity contribution in [3.63, 3.8) is 0 Å². The number of para-hydroxylation sites is 2. The number of piperidine rings is 2. The summed E-state index contributed by atoms with van der Waals surface area (Å²) in [6.07, 6.45) is 8.97. The number of nitrogens with one attached hydrogen (secondary N) is 1. The molecule has 0 saturated carbocycles. The van der Waals surface area contributed by atoms with E-state index in [1.54, 1.807) is 0 Å². The van der Waals surface area contributed by atoms with Crippen molar-refractivity contribution in [3.05, 3.63) is 78.1 Å². The number of fused-ring (bicyclic) bond motifs is 4. The van der Waals surface area contributed by atoms with Crippen molar-refractivity contribution in [2.45, 2.75) is 63.2 Å². The zero-order valence-electron chi connectivity index (χ0n) is 31.7. The highest BCUT2D eigenvalue weighted by molar-refractivity contribution is 6.25. The van der Waals surface area contributed by atoms with Gasteiger partial charge in [-0.1, -0.05) is 12.1 Å². The lowest BCUT2D eigenvalue weighted by Gasteiger charge is -2.43. The lowest BCUT2D eigenvalue weighted by molar-refractivity contribution is -0.136. The van der Waals surface area contributed by atoms with Gasteiger partial charge in [-0.2, -0.15) is 0 Å². The Hall–Kier alpha value is -6.26. The Morgan fingerprint density at radius 3 is 2.50 bits per heavy atom. The zero-order valence-corrected chi connectivity index (χ0v) is 31.7. The molecule has 16 nitrogen and oxygen atoms in total. The standard InChI is InChI=1S/C42H42N8O8/c51-25-57-38-34(11-9-29-37(38)41(55)50(40(29)54)33-10-13-36(52)46-39(33)53)56-21-5-1-4-17-47-18-14-27(15-19-47)58-28-23-48(24-28)35-12-8-26(22-43-35)30-16-20-49-32-7-3-2-6-31(32)45-42(49)44-30/h2-3,6-9,11-12,16,20,22,25,27-28,33H,1,4-5,10,13-15,17-19,21,23-24H2,(H,46,52,53). The van der Waals surface area contributed by atoms with Gasteiger partial charge in [-0.3, -0.25) is 38.6 Å². The molecule has 0 bridgehead atoms. The van der Waals surface area contributed by atoms with Crippen LogP contribution < -0.4 is 19.7 Å². The van der Waals surface area contributed by atoms with Gasteiger partial charge in [0.15, 0.2) is 11.5 Å². The average Bonchev–Trinajstić information content (AvgIpc) is 3.72. The number of aromatic nitrogens is 4. The molecule has 1 unspecified atom stereocenters. The molecule has 7 heterocycles. The van der Waals surface area contributed by atoms with Gasteiger partial charge >= 0.3 is 0 Å². The number of amides is 4. The SMILES string of the molecule is O=COc1c(OCCCCCN2CCC(OC3CN(c4ccc(-c5ccn6c(n5)nc5ccccc56)cn4)C3)CC2)ccc2c1C(=O)N(C1CCC(=O)NC1=O)C2=O. The summed E-state index contributed by atoms with van der Waals surface area (Å²) < 4.78 is 19.5. The summed E-state index contributed by atoms with van der Waals surface area (Å²) in [7, 11) is 0. The van der Waals surface area contributed by atoms with Crippen LogP contribution in [0.3, 0.4) is 0 Å². The van der Waals surface area contributed by atoms with Crippen LogP contribution in [-0.4, -0.2) is 117 Å². The topological polar surface area (TPSA) is 178 Å². The molecule has 1 N–H and O–H groups in total. The van der Waals surface area contributed by atoms with Crippen molar-refractivity contribution >= 4 is 52.7 Å². The third-order valence-electron chi connectivity index (χ3n) is 11.4. The van der Waals surface area contributed by atoms with Gasteiger partial charge in [-0.25, -0.2) is 15.0 Å². The minimum absolute atomic E-state index is 0.00214. The van der Waals surface area contributed by atoms with Gasteiger partial charge in [-0.05, 0) is 87.5 Å². The van der Waals surface area contributed by atoms with E-state index in [0.29, 0.717) is 12.4 Å². The van der Waals surface area contributed by atoms with Crippen molar-refractivity contribution in [3.8, 4) is 22.8 Å². The maximum absolute atomic E-state index is 13.4. The third-order valence-corrected chi connectivity index (χ3v) is 11.4. The molecule has 16 heteroatoms. The number of likely N-dealkylation sites (tertiary alicyclic amines) is 1. The van der Waals surface area contributed by atoms with Gasteiger partial charge < -0.3 is 24.0 Å². The van der Waals surface area contributed by atoms with Crippen molar-refractivity contribution < 1.29 is 38.2 Å². The van der Waals surface area contributed by atoms with Crippen molar-refractivity contribution in [2.24, 2.45) is 0 Å². The van der Waals surface area contributed by atoms with Gasteiger partial charge in [0, 0.05) is 50.6 Å². The van der Waals surface area contributed by atoms with E-state index in [4.69, 9.17) is 24.2 Å². The first kappa shape index (κ1) is 37.3. The van der Waals surface area contributed by atoms with Gasteiger partial charge in [0.1, 0.15) is 11.9 Å². The number of hydrogen-bond donors (Lipinski definition) is 1. The lowest BCUT2D eigenvalue weighted by atomic mass is 10.0. The van der Waals surface area contributed by atoms with Gasteiger partial charge in [0.05, 0.1) is 46.7 Å². The number of pyridine rings is 1. The maximum atomic E-state index is 13.4. The smallest absolute Gasteiger partial charge is 0.298 e. The fraction of sp³-hybridized carbons (Fsp3) is 0.381. The van der Waals surface area contributed by atoms with E-state index in [0.717, 1.165) is 97.8 Å². The number of anilines is 1. The van der Waals surface area contributed by atoms with Crippen LogP contribution in [-0.2, 0) is 19.1 Å². The molecule has 2 aromatic carbocycles. The summed E-state index contributed by atoms with van der Waals surface area (Å²) in [5.74, 6) is -1.03. The fourth-order valence-electron chi connectivity index (χ4n) is 8.27. The number of hydrogen-bond acceptors (Lipinski definition) is 13. The van der Waals surface area contributed by atoms with Gasteiger partial charge in [0.25, 0.3) is 18.3 Å². The number of imidazole rings is 1. The molecule has 3 saturated heterocycles. The van der Waals surface area contributed by atoms with Crippen LogP contribution >= 0.6 is 0 Å². The Balaban J connectivity index is 0.680. The van der Waals surface area contributed by atoms with Crippen molar-refractivity contribution in [1.29, 1.82) is 0 Å². The molecule has 4 aliphatic rings. The van der Waals surface area contributed by atoms with Crippen LogP contribution in [0.25, 0.3) is 28.1 Å². The molecule has 0 radical (unpaired) electrons. The van der Waals surface area contributed by atoms with E-state index >= 15 is 0 Å². The summed E-state index contributed by atoms with van der Waals surface area (Å²) in [4.78, 5) is 81.6. The molecular weight excluding hydrogens is 745 g/mol. The molecule has 9 rings (SSSR count). The normalized spacial score (nSPS) is 19.1. The van der Waals surface area contributed by atoms with Gasteiger partial charge in [-0.15, -0.1) is 0 Å². The number of carbonyl (C=O) groups excluding carboxylic acids is 5. The molecule has 298 valence electrons. The van der Waals surface area contributed by atoms with Crippen molar-refractivity contribution in [1.82, 2.24) is 34.5 Å². The number of rotatable bonds is 14. The number of imide groups is 2. The van der Waals surface area contributed by atoms with Crippen LogP contribution in [0.2, 0.25) is 0 Å².